The van der Waals surface area contributed by atoms with Gasteiger partial charge in [0.15, 0.2) is 5.82 Å². The summed E-state index contributed by atoms with van der Waals surface area (Å²) >= 11 is 0. The topological polar surface area (TPSA) is 232 Å². The quantitative estimate of drug-likeness (QED) is 0.0811. The number of aromatic nitrogens is 3. The maximum atomic E-state index is 16.0. The number of fused-ring (bicyclic) bond motifs is 4. The van der Waals surface area contributed by atoms with Crippen LogP contribution >= 0.6 is 0 Å². The van der Waals surface area contributed by atoms with Crippen molar-refractivity contribution in [1.82, 2.24) is 44.8 Å². The molecule has 1 unspecified atom stereocenters. The average Bonchev–Trinajstić information content (AvgIpc) is 1.57. The summed E-state index contributed by atoms with van der Waals surface area (Å²) in [5.74, 6) is -2.78. The summed E-state index contributed by atoms with van der Waals surface area (Å²) in [5, 5.41) is 11.9. The van der Waals surface area contributed by atoms with E-state index < -0.39 is 40.9 Å². The highest BCUT2D eigenvalue weighted by Crippen LogP contribution is 2.53. The third kappa shape index (κ3) is 10.6. The van der Waals surface area contributed by atoms with Crippen LogP contribution in [0.1, 0.15) is 172 Å². The van der Waals surface area contributed by atoms with E-state index >= 15 is 9.18 Å². The summed E-state index contributed by atoms with van der Waals surface area (Å²) < 4.78 is 18.0. The number of carbonyl (C=O) groups excluding carboxylic acids is 8. The molecule has 2 aromatic heterocycles. The van der Waals surface area contributed by atoms with E-state index in [-0.39, 0.29) is 89.3 Å². The van der Waals surface area contributed by atoms with Crippen molar-refractivity contribution >= 4 is 81.2 Å². The molecule has 8 aliphatic rings. The van der Waals surface area contributed by atoms with Crippen LogP contribution in [0.25, 0.3) is 22.3 Å². The highest BCUT2D eigenvalue weighted by molar-refractivity contribution is 6.25. The standard InChI is InChI=1S/C67H79FN12O8/c1-37(2)70-60(82)47-34-52(49(68)30-39(47)5)73-59-58-53(69-36-78(58)38(3)4)35-51(72-59)42-16-17-48-55(31-42)79(45-32-44(33-45)75-24-7-6-8-25-75)66(88)67(48)22-28-77(29-23-67)63(85)41-14-12-40(13-15-41)62(84)76-26-20-43(21-27-76)71-50-11-9-10-46-57(50)65(87)80(64(46)86)54-18-19-56(81)74-61(54)83/h9-11,16-17,30-31,34-38,40-41,43-45,54,71H,6-8,12-15,18-29,32-33H2,1-5H3,(H,70,82)(H,72,73)(H,74,81,83). The molecule has 6 aliphatic heterocycles. The Hall–Kier alpha value is -8.07. The number of imidazole rings is 1. The number of anilines is 4. The monoisotopic (exact) mass is 1200 g/mol. The lowest BCUT2D eigenvalue weighted by Gasteiger charge is -2.48. The van der Waals surface area contributed by atoms with Gasteiger partial charge in [-0.15, -0.1) is 0 Å². The summed E-state index contributed by atoms with van der Waals surface area (Å²) in [4.78, 5) is 128. The van der Waals surface area contributed by atoms with Gasteiger partial charge >= 0.3 is 0 Å². The Kier molecular flexibility index (Phi) is 15.7. The Morgan fingerprint density at radius 2 is 1.43 bits per heavy atom. The number of likely N-dealkylation sites (tertiary alicyclic amines) is 3. The second-order valence-electron chi connectivity index (χ2n) is 26.5. The Bertz CT molecular complexity index is 3680. The molecule has 0 bridgehead atoms. The Balaban J connectivity index is 0.676. The molecule has 3 aromatic carbocycles. The number of nitrogens with one attached hydrogen (secondary N) is 4. The van der Waals surface area contributed by atoms with Gasteiger partial charge in [-0.05, 0) is 179 Å². The number of imide groups is 2. The highest BCUT2D eigenvalue weighted by atomic mass is 19.1. The minimum Gasteiger partial charge on any atom is -0.382 e. The van der Waals surface area contributed by atoms with E-state index in [0.717, 1.165) is 47.6 Å². The van der Waals surface area contributed by atoms with Gasteiger partial charge in [0.2, 0.25) is 29.5 Å². The zero-order valence-corrected chi connectivity index (χ0v) is 51.0. The normalized spacial score (nSPS) is 24.1. The molecule has 8 amide bonds. The van der Waals surface area contributed by atoms with Crippen molar-refractivity contribution in [2.45, 2.75) is 173 Å². The van der Waals surface area contributed by atoms with Crippen LogP contribution in [0.3, 0.4) is 0 Å². The number of benzene rings is 3. The Morgan fingerprint density at radius 3 is 2.10 bits per heavy atom. The average molecular weight is 1200 g/mol. The second-order valence-corrected chi connectivity index (χ2v) is 26.5. The number of pyridine rings is 1. The molecule has 4 N–H and O–H groups in total. The lowest BCUT2D eigenvalue weighted by Crippen LogP contribution is -2.58. The van der Waals surface area contributed by atoms with Crippen LogP contribution in [-0.4, -0.2) is 151 Å². The van der Waals surface area contributed by atoms with E-state index in [4.69, 9.17) is 9.97 Å². The van der Waals surface area contributed by atoms with Gasteiger partial charge in [-0.25, -0.2) is 14.4 Å². The molecule has 1 spiro atoms. The van der Waals surface area contributed by atoms with Gasteiger partial charge < -0.3 is 40.1 Å². The maximum absolute atomic E-state index is 16.0. The van der Waals surface area contributed by atoms with Crippen LogP contribution < -0.4 is 26.2 Å². The van der Waals surface area contributed by atoms with Gasteiger partial charge in [-0.2, -0.15) is 0 Å². The number of carbonyl (C=O) groups is 8. The molecule has 88 heavy (non-hydrogen) atoms. The second kappa shape index (κ2) is 23.5. The molecule has 6 fully saturated rings. The molecule has 13 rings (SSSR count). The van der Waals surface area contributed by atoms with E-state index in [1.54, 1.807) is 31.5 Å². The third-order valence-electron chi connectivity index (χ3n) is 20.4. The Labute approximate surface area is 511 Å². The number of hydrogen-bond donors (Lipinski definition) is 4. The number of halogens is 1. The lowest BCUT2D eigenvalue weighted by atomic mass is 9.72. The first kappa shape index (κ1) is 58.9. The smallest absolute Gasteiger partial charge is 0.264 e. The lowest BCUT2D eigenvalue weighted by molar-refractivity contribution is -0.143. The van der Waals surface area contributed by atoms with Crippen LogP contribution in [0.4, 0.5) is 27.3 Å². The summed E-state index contributed by atoms with van der Waals surface area (Å²) in [7, 11) is 0. The molecule has 21 heteroatoms. The van der Waals surface area contributed by atoms with Crippen molar-refractivity contribution in [2.24, 2.45) is 11.8 Å². The molecule has 0 radical (unpaired) electrons. The van der Waals surface area contributed by atoms with E-state index in [1.165, 1.54) is 31.4 Å². The number of nitrogens with zero attached hydrogens (tertiary/aromatic N) is 8. The predicted octanol–water partition coefficient (Wildman–Crippen LogP) is 8.54. The molecule has 8 heterocycles. The molecule has 462 valence electrons. The molecular formula is C67H79FN12O8. The summed E-state index contributed by atoms with van der Waals surface area (Å²) in [5.41, 5.74) is 5.64. The van der Waals surface area contributed by atoms with Gasteiger partial charge in [0, 0.05) is 97.1 Å². The molecule has 2 aliphatic carbocycles. The van der Waals surface area contributed by atoms with E-state index in [1.807, 2.05) is 54.2 Å². The summed E-state index contributed by atoms with van der Waals surface area (Å²) in [6.45, 7) is 13.6. The summed E-state index contributed by atoms with van der Waals surface area (Å²) in [6, 6.07) is 15.3. The highest BCUT2D eigenvalue weighted by Gasteiger charge is 2.56. The van der Waals surface area contributed by atoms with Crippen molar-refractivity contribution < 1.29 is 42.7 Å². The zero-order valence-electron chi connectivity index (χ0n) is 51.0. The zero-order chi connectivity index (χ0) is 61.4. The van der Waals surface area contributed by atoms with E-state index in [9.17, 15) is 33.6 Å². The van der Waals surface area contributed by atoms with Gasteiger partial charge in [-0.1, -0.05) is 24.6 Å². The van der Waals surface area contributed by atoms with Crippen LogP contribution in [0.2, 0.25) is 0 Å². The number of piperidine rings is 4. The van der Waals surface area contributed by atoms with Crippen LogP contribution in [0, 0.1) is 24.6 Å². The Morgan fingerprint density at radius 1 is 0.739 bits per heavy atom. The van der Waals surface area contributed by atoms with Crippen molar-refractivity contribution in [3.05, 3.63) is 94.6 Å². The van der Waals surface area contributed by atoms with Crippen molar-refractivity contribution in [3.8, 4) is 11.3 Å². The fourth-order valence-corrected chi connectivity index (χ4v) is 15.4. The summed E-state index contributed by atoms with van der Waals surface area (Å²) in [6.07, 6.45) is 12.0. The van der Waals surface area contributed by atoms with Gasteiger partial charge in [0.05, 0.1) is 39.8 Å². The first-order chi connectivity index (χ1) is 42.3. The largest absolute Gasteiger partial charge is 0.382 e. The molecule has 1 atom stereocenters. The van der Waals surface area contributed by atoms with Gasteiger partial charge in [-0.3, -0.25) is 48.6 Å². The number of hydrogen-bond acceptors (Lipinski definition) is 13. The molecule has 4 saturated heterocycles. The number of amides is 8. The van der Waals surface area contributed by atoms with E-state index in [0.29, 0.717) is 123 Å². The fraction of sp³-hybridized carbons (Fsp3) is 0.522. The minimum atomic E-state index is -1.06. The number of aryl methyl sites for hydroxylation is 1. The van der Waals surface area contributed by atoms with Crippen molar-refractivity contribution in [2.75, 3.05) is 54.8 Å². The van der Waals surface area contributed by atoms with Crippen LogP contribution in [-0.2, 0) is 29.4 Å². The molecular weight excluding hydrogens is 1120 g/mol. The van der Waals surface area contributed by atoms with Crippen molar-refractivity contribution in [3.63, 3.8) is 0 Å². The predicted molar refractivity (Wildman–Crippen MR) is 329 cm³/mol. The van der Waals surface area contributed by atoms with Crippen molar-refractivity contribution in [1.29, 1.82) is 0 Å². The minimum absolute atomic E-state index is 0.00169. The fourth-order valence-electron chi connectivity index (χ4n) is 15.4. The maximum Gasteiger partial charge on any atom is 0.264 e. The SMILES string of the molecule is Cc1cc(F)c(Nc2nc(-c3ccc4c(c3)N(C3CC(N5CCCCC5)C3)C(=O)C43CCN(C(=O)C4CCC(C(=O)N5CCC(Nc6cccc7c6C(=O)N(C6CCC(=O)NC6=O)C7=O)CC5)CC4)CC3)cc3ncn(C(C)C)c23)cc1C(=O)NC(C)C. The van der Waals surface area contributed by atoms with Gasteiger partial charge in [0.1, 0.15) is 17.4 Å². The van der Waals surface area contributed by atoms with Crippen LogP contribution in [0.15, 0.2) is 60.9 Å². The molecule has 2 saturated carbocycles. The van der Waals surface area contributed by atoms with E-state index in [2.05, 4.69) is 43.2 Å². The number of rotatable bonds is 13. The van der Waals surface area contributed by atoms with Gasteiger partial charge in [0.25, 0.3) is 17.7 Å². The third-order valence-corrected chi connectivity index (χ3v) is 20.4. The first-order valence-corrected chi connectivity index (χ1v) is 32.0. The molecule has 20 nitrogen and oxygen atoms in total. The van der Waals surface area contributed by atoms with Crippen LogP contribution in [0.5, 0.6) is 0 Å². The first-order valence-electron chi connectivity index (χ1n) is 32.0. The molecule has 5 aromatic rings.